The summed E-state index contributed by atoms with van der Waals surface area (Å²) in [5.74, 6) is 1.62. The Morgan fingerprint density at radius 1 is 1.29 bits per heavy atom. The molecule has 4 nitrogen and oxygen atoms in total. The zero-order chi connectivity index (χ0) is 12.3. The predicted octanol–water partition coefficient (Wildman–Crippen LogP) is 1.91. The van der Waals surface area contributed by atoms with Crippen LogP contribution < -0.4 is 4.90 Å². The van der Waals surface area contributed by atoms with Crippen LogP contribution in [0.5, 0.6) is 0 Å². The van der Waals surface area contributed by atoms with Gasteiger partial charge in [-0.1, -0.05) is 11.6 Å². The molecule has 1 aliphatic rings. The van der Waals surface area contributed by atoms with Gasteiger partial charge in [-0.05, 0) is 32.9 Å². The molecule has 2 rings (SSSR count). The van der Waals surface area contributed by atoms with Crippen molar-refractivity contribution in [3.63, 3.8) is 0 Å². The van der Waals surface area contributed by atoms with Crippen LogP contribution in [0.2, 0.25) is 5.15 Å². The molecule has 1 aromatic heterocycles. The summed E-state index contributed by atoms with van der Waals surface area (Å²) in [6.45, 7) is 3.22. The molecule has 0 amide bonds. The third-order valence-electron chi connectivity index (χ3n) is 3.17. The molecule has 0 radical (unpaired) electrons. The fourth-order valence-corrected chi connectivity index (χ4v) is 2.59. The van der Waals surface area contributed by atoms with Gasteiger partial charge in [0.25, 0.3) is 0 Å². The first-order chi connectivity index (χ1) is 8.16. The Balaban J connectivity index is 1.93. The van der Waals surface area contributed by atoms with Gasteiger partial charge in [0, 0.05) is 32.0 Å². The maximum atomic E-state index is 6.05. The van der Waals surface area contributed by atoms with Crippen LogP contribution in [0, 0.1) is 5.92 Å². The van der Waals surface area contributed by atoms with E-state index in [9.17, 15) is 0 Å². The Kier molecular flexibility index (Phi) is 4.18. The van der Waals surface area contributed by atoms with Crippen LogP contribution in [0.3, 0.4) is 0 Å². The number of halogens is 1. The zero-order valence-electron chi connectivity index (χ0n) is 10.4. The number of hydrogen-bond donors (Lipinski definition) is 0. The lowest BCUT2D eigenvalue weighted by atomic mass is 9.96. The second-order valence-electron chi connectivity index (χ2n) is 4.86. The van der Waals surface area contributed by atoms with Gasteiger partial charge in [-0.15, -0.1) is 0 Å². The minimum Gasteiger partial charge on any atom is -0.354 e. The highest BCUT2D eigenvalue weighted by atomic mass is 35.5. The summed E-state index contributed by atoms with van der Waals surface area (Å²) in [6.07, 6.45) is 5.73. The van der Waals surface area contributed by atoms with Crippen LogP contribution in [0.25, 0.3) is 0 Å². The van der Waals surface area contributed by atoms with Gasteiger partial charge >= 0.3 is 0 Å². The standard InChI is InChI=1S/C12H19ClN4/c1-16(2)9-10-3-7-17(8-4-10)12-11(13)14-5-6-15-12/h5-6,10H,3-4,7-9H2,1-2H3. The summed E-state index contributed by atoms with van der Waals surface area (Å²) in [4.78, 5) is 12.9. The zero-order valence-corrected chi connectivity index (χ0v) is 11.2. The highest BCUT2D eigenvalue weighted by Gasteiger charge is 2.22. The van der Waals surface area contributed by atoms with Crippen LogP contribution in [0.4, 0.5) is 5.82 Å². The first-order valence-electron chi connectivity index (χ1n) is 6.03. The molecule has 1 saturated heterocycles. The van der Waals surface area contributed by atoms with Crippen molar-refractivity contribution >= 4 is 17.4 Å². The maximum Gasteiger partial charge on any atom is 0.171 e. The lowest BCUT2D eigenvalue weighted by molar-refractivity contribution is 0.284. The van der Waals surface area contributed by atoms with E-state index in [-0.39, 0.29) is 0 Å². The van der Waals surface area contributed by atoms with Gasteiger partial charge < -0.3 is 9.80 Å². The van der Waals surface area contributed by atoms with Gasteiger partial charge in [-0.25, -0.2) is 9.97 Å². The van der Waals surface area contributed by atoms with Gasteiger partial charge in [0.05, 0.1) is 0 Å². The average Bonchev–Trinajstić information content (AvgIpc) is 2.30. The first kappa shape index (κ1) is 12.6. The molecule has 0 saturated carbocycles. The lowest BCUT2D eigenvalue weighted by Gasteiger charge is -2.33. The van der Waals surface area contributed by atoms with Crippen LogP contribution in [-0.4, -0.2) is 48.6 Å². The summed E-state index contributed by atoms with van der Waals surface area (Å²) in [5.41, 5.74) is 0. The van der Waals surface area contributed by atoms with E-state index in [2.05, 4.69) is 33.9 Å². The van der Waals surface area contributed by atoms with Gasteiger partial charge in [0.2, 0.25) is 0 Å². The van der Waals surface area contributed by atoms with Gasteiger partial charge in [-0.3, -0.25) is 0 Å². The molecule has 1 aromatic rings. The van der Waals surface area contributed by atoms with E-state index >= 15 is 0 Å². The van der Waals surface area contributed by atoms with Gasteiger partial charge in [0.15, 0.2) is 11.0 Å². The van der Waals surface area contributed by atoms with E-state index in [4.69, 9.17) is 11.6 Å². The van der Waals surface area contributed by atoms with Crippen molar-refractivity contribution in [2.24, 2.45) is 5.92 Å². The molecule has 0 bridgehead atoms. The second kappa shape index (κ2) is 5.65. The molecule has 0 aliphatic carbocycles. The minimum absolute atomic E-state index is 0.513. The number of nitrogens with zero attached hydrogens (tertiary/aromatic N) is 4. The number of hydrogen-bond acceptors (Lipinski definition) is 4. The van der Waals surface area contributed by atoms with Gasteiger partial charge in [0.1, 0.15) is 0 Å². The number of rotatable bonds is 3. The molecule has 1 fully saturated rings. The lowest BCUT2D eigenvalue weighted by Crippen LogP contribution is -2.37. The third-order valence-corrected chi connectivity index (χ3v) is 3.44. The van der Waals surface area contributed by atoms with Crippen molar-refractivity contribution < 1.29 is 0 Å². The van der Waals surface area contributed by atoms with E-state index in [1.807, 2.05) is 0 Å². The van der Waals surface area contributed by atoms with E-state index in [0.717, 1.165) is 24.8 Å². The van der Waals surface area contributed by atoms with E-state index in [1.54, 1.807) is 12.4 Å². The number of anilines is 1. The average molecular weight is 255 g/mol. The summed E-state index contributed by atoms with van der Waals surface area (Å²) < 4.78 is 0. The molecule has 17 heavy (non-hydrogen) atoms. The number of aromatic nitrogens is 2. The van der Waals surface area contributed by atoms with Gasteiger partial charge in [-0.2, -0.15) is 0 Å². The molecule has 0 unspecified atom stereocenters. The first-order valence-corrected chi connectivity index (χ1v) is 6.41. The smallest absolute Gasteiger partial charge is 0.171 e. The van der Waals surface area contributed by atoms with Crippen LogP contribution in [-0.2, 0) is 0 Å². The fraction of sp³-hybridized carbons (Fsp3) is 0.667. The normalized spacial score (nSPS) is 17.8. The van der Waals surface area contributed by atoms with Crippen molar-refractivity contribution in [3.05, 3.63) is 17.5 Å². The molecule has 0 aromatic carbocycles. The molecule has 94 valence electrons. The van der Waals surface area contributed by atoms with Crippen molar-refractivity contribution in [3.8, 4) is 0 Å². The molecule has 0 spiro atoms. The summed E-state index contributed by atoms with van der Waals surface area (Å²) in [6, 6.07) is 0. The molecule has 1 aliphatic heterocycles. The number of piperidine rings is 1. The topological polar surface area (TPSA) is 32.3 Å². The summed E-state index contributed by atoms with van der Waals surface area (Å²) >= 11 is 6.05. The minimum atomic E-state index is 0.513. The van der Waals surface area contributed by atoms with Crippen LogP contribution in [0.1, 0.15) is 12.8 Å². The second-order valence-corrected chi connectivity index (χ2v) is 5.22. The maximum absolute atomic E-state index is 6.05. The Labute approximate surface area is 108 Å². The van der Waals surface area contributed by atoms with Crippen molar-refractivity contribution in [1.29, 1.82) is 0 Å². The largest absolute Gasteiger partial charge is 0.354 e. The Bertz CT molecular complexity index is 361. The Morgan fingerprint density at radius 3 is 2.53 bits per heavy atom. The van der Waals surface area contributed by atoms with Crippen LogP contribution >= 0.6 is 11.6 Å². The molecule has 2 heterocycles. The Morgan fingerprint density at radius 2 is 1.94 bits per heavy atom. The SMILES string of the molecule is CN(C)CC1CCN(c2nccnc2Cl)CC1. The van der Waals surface area contributed by atoms with Crippen LogP contribution in [0.15, 0.2) is 12.4 Å². The van der Waals surface area contributed by atoms with E-state index in [0.29, 0.717) is 5.15 Å². The van der Waals surface area contributed by atoms with E-state index in [1.165, 1.54) is 19.4 Å². The summed E-state index contributed by atoms with van der Waals surface area (Å²) in [5, 5.41) is 0.513. The summed E-state index contributed by atoms with van der Waals surface area (Å²) in [7, 11) is 4.26. The molecule has 0 atom stereocenters. The fourth-order valence-electron chi connectivity index (χ4n) is 2.37. The van der Waals surface area contributed by atoms with Crippen molar-refractivity contribution in [1.82, 2.24) is 14.9 Å². The quantitative estimate of drug-likeness (QED) is 0.825. The molecule has 5 heteroatoms. The van der Waals surface area contributed by atoms with Crippen molar-refractivity contribution in [2.45, 2.75) is 12.8 Å². The third kappa shape index (κ3) is 3.30. The highest BCUT2D eigenvalue weighted by Crippen LogP contribution is 2.25. The monoisotopic (exact) mass is 254 g/mol. The van der Waals surface area contributed by atoms with E-state index < -0.39 is 0 Å². The van der Waals surface area contributed by atoms with Crippen molar-refractivity contribution in [2.75, 3.05) is 38.6 Å². The molecular weight excluding hydrogens is 236 g/mol. The molecular formula is C12H19ClN4. The predicted molar refractivity (Wildman–Crippen MR) is 70.5 cm³/mol. The molecule has 0 N–H and O–H groups in total. The highest BCUT2D eigenvalue weighted by molar-refractivity contribution is 6.31. The Hall–Kier alpha value is -0.870.